The highest BCUT2D eigenvalue weighted by Crippen LogP contribution is 2.32. The fourth-order valence-corrected chi connectivity index (χ4v) is 2.57. The molecule has 0 aliphatic heterocycles. The third-order valence-corrected chi connectivity index (χ3v) is 3.92. The van der Waals surface area contributed by atoms with Crippen molar-refractivity contribution >= 4 is 31.9 Å². The van der Waals surface area contributed by atoms with E-state index in [1.165, 1.54) is 5.56 Å². The molecule has 0 aromatic heterocycles. The van der Waals surface area contributed by atoms with Gasteiger partial charge in [-0.15, -0.1) is 0 Å². The minimum Gasteiger partial charge on any atom is -0.370 e. The number of hydrogen-bond donors (Lipinski definition) is 0. The molecule has 3 heteroatoms. The summed E-state index contributed by atoms with van der Waals surface area (Å²) >= 11 is 7.04. The van der Waals surface area contributed by atoms with E-state index in [4.69, 9.17) is 4.74 Å². The Labute approximate surface area is 102 Å². The van der Waals surface area contributed by atoms with Crippen molar-refractivity contribution in [2.24, 2.45) is 0 Å². The first-order chi connectivity index (χ1) is 6.64. The van der Waals surface area contributed by atoms with Crippen molar-refractivity contribution in [3.63, 3.8) is 0 Å². The Kier molecular flexibility index (Phi) is 4.61. The molecule has 0 amide bonds. The van der Waals surface area contributed by atoms with Crippen molar-refractivity contribution in [1.29, 1.82) is 0 Å². The zero-order valence-corrected chi connectivity index (χ0v) is 11.6. The van der Waals surface area contributed by atoms with E-state index in [1.807, 2.05) is 25.1 Å². The van der Waals surface area contributed by atoms with E-state index in [2.05, 4.69) is 44.8 Å². The van der Waals surface area contributed by atoms with E-state index in [-0.39, 0.29) is 5.60 Å². The van der Waals surface area contributed by atoms with Crippen LogP contribution in [0.4, 0.5) is 0 Å². The molecule has 0 heterocycles. The van der Waals surface area contributed by atoms with Gasteiger partial charge in [0.2, 0.25) is 0 Å². The Balaban J connectivity index is 3.05. The summed E-state index contributed by atoms with van der Waals surface area (Å²) in [5.74, 6) is 0. The van der Waals surface area contributed by atoms with Crippen LogP contribution >= 0.6 is 31.9 Å². The van der Waals surface area contributed by atoms with Crippen LogP contribution in [0.25, 0.3) is 0 Å². The first kappa shape index (κ1) is 12.2. The lowest BCUT2D eigenvalue weighted by atomic mass is 9.98. The van der Waals surface area contributed by atoms with Crippen LogP contribution in [0.2, 0.25) is 0 Å². The maximum Gasteiger partial charge on any atom is 0.101 e. The van der Waals surface area contributed by atoms with Crippen molar-refractivity contribution in [1.82, 2.24) is 0 Å². The Morgan fingerprint density at radius 2 is 2.00 bits per heavy atom. The second-order valence-electron chi connectivity index (χ2n) is 3.28. The Morgan fingerprint density at radius 3 is 2.50 bits per heavy atom. The van der Waals surface area contributed by atoms with E-state index in [9.17, 15) is 0 Å². The van der Waals surface area contributed by atoms with Crippen LogP contribution in [-0.2, 0) is 10.3 Å². The second-order valence-corrected chi connectivity index (χ2v) is 4.69. The van der Waals surface area contributed by atoms with E-state index in [0.29, 0.717) is 6.61 Å². The molecule has 0 bridgehead atoms. The molecule has 1 nitrogen and oxygen atoms in total. The van der Waals surface area contributed by atoms with E-state index in [1.54, 1.807) is 0 Å². The van der Waals surface area contributed by atoms with Crippen LogP contribution < -0.4 is 0 Å². The second kappa shape index (κ2) is 5.29. The van der Waals surface area contributed by atoms with Gasteiger partial charge in [-0.05, 0) is 25.5 Å². The Morgan fingerprint density at radius 1 is 1.36 bits per heavy atom. The van der Waals surface area contributed by atoms with Gasteiger partial charge in [0, 0.05) is 16.4 Å². The summed E-state index contributed by atoms with van der Waals surface area (Å²) in [6.07, 6.45) is 0. The number of alkyl halides is 1. The molecule has 1 rings (SSSR count). The lowest BCUT2D eigenvalue weighted by Gasteiger charge is -2.28. The fourth-order valence-electron chi connectivity index (χ4n) is 1.40. The molecular formula is C11H14Br2O. The first-order valence-electron chi connectivity index (χ1n) is 4.59. The van der Waals surface area contributed by atoms with E-state index in [0.717, 1.165) is 9.80 Å². The molecule has 0 spiro atoms. The molecule has 0 fully saturated rings. The summed E-state index contributed by atoms with van der Waals surface area (Å²) in [5, 5.41) is 0.788. The van der Waals surface area contributed by atoms with Crippen molar-refractivity contribution in [3.05, 3.63) is 34.3 Å². The van der Waals surface area contributed by atoms with Crippen molar-refractivity contribution < 1.29 is 4.74 Å². The fraction of sp³-hybridized carbons (Fsp3) is 0.455. The zero-order chi connectivity index (χ0) is 10.6. The van der Waals surface area contributed by atoms with Gasteiger partial charge in [0.25, 0.3) is 0 Å². The number of ether oxygens (including phenoxy) is 1. The normalized spacial score (nSPS) is 15.1. The van der Waals surface area contributed by atoms with E-state index >= 15 is 0 Å². The van der Waals surface area contributed by atoms with Crippen LogP contribution in [0.3, 0.4) is 0 Å². The lowest BCUT2D eigenvalue weighted by molar-refractivity contribution is -0.00946. The van der Waals surface area contributed by atoms with Crippen LogP contribution in [0.15, 0.2) is 28.7 Å². The molecule has 0 aliphatic carbocycles. The summed E-state index contributed by atoms with van der Waals surface area (Å²) in [7, 11) is 0. The Bertz CT molecular complexity index is 301. The quantitative estimate of drug-likeness (QED) is 0.759. The SMILES string of the molecule is CCOC(C)(CBr)c1ccccc1Br. The molecule has 14 heavy (non-hydrogen) atoms. The highest BCUT2D eigenvalue weighted by Gasteiger charge is 2.27. The minimum atomic E-state index is -0.255. The molecular weight excluding hydrogens is 308 g/mol. The van der Waals surface area contributed by atoms with Crippen molar-refractivity contribution in [2.75, 3.05) is 11.9 Å². The van der Waals surface area contributed by atoms with Gasteiger partial charge in [-0.3, -0.25) is 0 Å². The number of benzene rings is 1. The van der Waals surface area contributed by atoms with Crippen molar-refractivity contribution in [3.8, 4) is 0 Å². The molecule has 1 aromatic carbocycles. The highest BCUT2D eigenvalue weighted by atomic mass is 79.9. The van der Waals surface area contributed by atoms with Gasteiger partial charge in [-0.1, -0.05) is 50.1 Å². The third-order valence-electron chi connectivity index (χ3n) is 2.16. The van der Waals surface area contributed by atoms with E-state index < -0.39 is 0 Å². The van der Waals surface area contributed by atoms with Crippen LogP contribution in [0.5, 0.6) is 0 Å². The molecule has 0 saturated carbocycles. The summed E-state index contributed by atoms with van der Waals surface area (Å²) in [6, 6.07) is 8.16. The van der Waals surface area contributed by atoms with Gasteiger partial charge in [-0.25, -0.2) is 0 Å². The predicted octanol–water partition coefficient (Wildman–Crippen LogP) is 4.10. The largest absolute Gasteiger partial charge is 0.370 e. The van der Waals surface area contributed by atoms with Crippen molar-refractivity contribution in [2.45, 2.75) is 19.4 Å². The molecule has 1 atom stereocenters. The van der Waals surface area contributed by atoms with Gasteiger partial charge < -0.3 is 4.74 Å². The molecule has 0 radical (unpaired) electrons. The van der Waals surface area contributed by atoms with Gasteiger partial charge in [0.05, 0.1) is 0 Å². The molecule has 0 aliphatic rings. The number of hydrogen-bond acceptors (Lipinski definition) is 1. The maximum atomic E-state index is 5.77. The lowest BCUT2D eigenvalue weighted by Crippen LogP contribution is -2.28. The molecule has 0 N–H and O–H groups in total. The Hall–Kier alpha value is 0.140. The van der Waals surface area contributed by atoms with Crippen LogP contribution in [0.1, 0.15) is 19.4 Å². The average molecular weight is 322 g/mol. The highest BCUT2D eigenvalue weighted by molar-refractivity contribution is 9.10. The smallest absolute Gasteiger partial charge is 0.101 e. The predicted molar refractivity (Wildman–Crippen MR) is 66.9 cm³/mol. The standard InChI is InChI=1S/C11H14Br2O/c1-3-14-11(2,8-12)9-6-4-5-7-10(9)13/h4-7H,3,8H2,1-2H3. The van der Waals surface area contributed by atoms with Crippen LogP contribution in [0, 0.1) is 0 Å². The van der Waals surface area contributed by atoms with Gasteiger partial charge in [-0.2, -0.15) is 0 Å². The summed E-state index contributed by atoms with van der Waals surface area (Å²) in [6.45, 7) is 4.81. The monoisotopic (exact) mass is 320 g/mol. The molecule has 1 aromatic rings. The molecule has 1 unspecified atom stereocenters. The average Bonchev–Trinajstić information content (AvgIpc) is 2.18. The number of halogens is 2. The van der Waals surface area contributed by atoms with Crippen LogP contribution in [-0.4, -0.2) is 11.9 Å². The minimum absolute atomic E-state index is 0.255. The molecule has 78 valence electrons. The topological polar surface area (TPSA) is 9.23 Å². The van der Waals surface area contributed by atoms with Gasteiger partial charge in [0.15, 0.2) is 0 Å². The van der Waals surface area contributed by atoms with Gasteiger partial charge in [0.1, 0.15) is 5.60 Å². The summed E-state index contributed by atoms with van der Waals surface area (Å²) in [4.78, 5) is 0. The van der Waals surface area contributed by atoms with Gasteiger partial charge >= 0.3 is 0 Å². The summed E-state index contributed by atoms with van der Waals surface area (Å²) in [5.41, 5.74) is 0.924. The maximum absolute atomic E-state index is 5.77. The first-order valence-corrected chi connectivity index (χ1v) is 6.50. The number of rotatable bonds is 4. The molecule has 0 saturated heterocycles. The summed E-state index contributed by atoms with van der Waals surface area (Å²) < 4.78 is 6.86. The zero-order valence-electron chi connectivity index (χ0n) is 8.39. The third kappa shape index (κ3) is 2.59.